The number of hydrogen-bond acceptors (Lipinski definition) is 3. The molecule has 0 bridgehead atoms. The van der Waals surface area contributed by atoms with Gasteiger partial charge in [-0.15, -0.1) is 0 Å². The third-order valence-corrected chi connectivity index (χ3v) is 4.14. The first-order valence-corrected chi connectivity index (χ1v) is 8.70. The highest BCUT2D eigenvalue weighted by Crippen LogP contribution is 2.15. The van der Waals surface area contributed by atoms with Crippen LogP contribution in [0.25, 0.3) is 0 Å². The van der Waals surface area contributed by atoms with Crippen molar-refractivity contribution >= 4 is 17.6 Å². The van der Waals surface area contributed by atoms with E-state index in [-0.39, 0.29) is 12.1 Å². The lowest BCUT2D eigenvalue weighted by Crippen LogP contribution is -2.48. The molecule has 1 aliphatic rings. The monoisotopic (exact) mass is 351 g/mol. The van der Waals surface area contributed by atoms with E-state index in [1.165, 1.54) is 5.57 Å². The molecule has 1 saturated heterocycles. The van der Waals surface area contributed by atoms with Gasteiger partial charge in [0.2, 0.25) is 0 Å². The molecule has 1 heterocycles. The van der Waals surface area contributed by atoms with Gasteiger partial charge in [-0.25, -0.2) is 4.79 Å². The van der Waals surface area contributed by atoms with E-state index in [1.54, 1.807) is 24.3 Å². The summed E-state index contributed by atoms with van der Waals surface area (Å²) in [5.74, 6) is 0.742. The highest BCUT2D eigenvalue weighted by atomic mass is 35.5. The second kappa shape index (κ2) is 9.55. The van der Waals surface area contributed by atoms with Crippen LogP contribution in [0.5, 0.6) is 5.75 Å². The molecular weight excluding hydrogens is 326 g/mol. The summed E-state index contributed by atoms with van der Waals surface area (Å²) in [6.07, 6.45) is 1.95. The van der Waals surface area contributed by atoms with E-state index in [0.717, 1.165) is 38.2 Å². The molecule has 1 aliphatic heterocycles. The van der Waals surface area contributed by atoms with E-state index >= 15 is 0 Å². The Labute approximate surface area is 149 Å². The van der Waals surface area contributed by atoms with Gasteiger partial charge >= 0.3 is 6.03 Å². The van der Waals surface area contributed by atoms with Crippen molar-refractivity contribution in [3.8, 4) is 5.75 Å². The van der Waals surface area contributed by atoms with Crippen molar-refractivity contribution in [2.24, 2.45) is 0 Å². The maximum Gasteiger partial charge on any atom is 0.315 e. The van der Waals surface area contributed by atoms with Gasteiger partial charge in [0.1, 0.15) is 12.4 Å². The molecule has 1 aromatic carbocycles. The van der Waals surface area contributed by atoms with Gasteiger partial charge in [0.25, 0.3) is 0 Å². The second-order valence-corrected chi connectivity index (χ2v) is 6.65. The summed E-state index contributed by atoms with van der Waals surface area (Å²) >= 11 is 5.81. The Morgan fingerprint density at radius 3 is 2.62 bits per heavy atom. The number of urea groups is 1. The van der Waals surface area contributed by atoms with Crippen LogP contribution in [0.15, 0.2) is 36.4 Å². The van der Waals surface area contributed by atoms with Gasteiger partial charge in [-0.2, -0.15) is 0 Å². The number of halogens is 1. The number of hydrogen-bond donors (Lipinski definition) is 2. The number of benzene rings is 1. The van der Waals surface area contributed by atoms with E-state index < -0.39 is 0 Å². The lowest BCUT2D eigenvalue weighted by atomic mass is 10.0. The third-order valence-electron chi connectivity index (χ3n) is 3.89. The van der Waals surface area contributed by atoms with Crippen LogP contribution >= 0.6 is 11.6 Å². The predicted molar refractivity (Wildman–Crippen MR) is 97.8 cm³/mol. The summed E-state index contributed by atoms with van der Waals surface area (Å²) in [6.45, 7) is 9.81. The van der Waals surface area contributed by atoms with Crippen LogP contribution < -0.4 is 15.4 Å². The van der Waals surface area contributed by atoms with Gasteiger partial charge in [0, 0.05) is 30.7 Å². The van der Waals surface area contributed by atoms with Crippen LogP contribution in [-0.2, 0) is 0 Å². The SMILES string of the molecule is C=C(C)CN1CCC(NC(=O)NCCOc2ccc(Cl)cc2)CC1. The summed E-state index contributed by atoms with van der Waals surface area (Å²) in [5.41, 5.74) is 1.18. The van der Waals surface area contributed by atoms with E-state index in [2.05, 4.69) is 22.1 Å². The van der Waals surface area contributed by atoms with E-state index in [1.807, 2.05) is 6.92 Å². The molecule has 1 fully saturated rings. The summed E-state index contributed by atoms with van der Waals surface area (Å²) < 4.78 is 5.54. The molecule has 0 aliphatic carbocycles. The number of nitrogens with zero attached hydrogens (tertiary/aromatic N) is 1. The van der Waals surface area contributed by atoms with Crippen molar-refractivity contribution in [3.63, 3.8) is 0 Å². The van der Waals surface area contributed by atoms with Crippen molar-refractivity contribution in [2.45, 2.75) is 25.8 Å². The minimum atomic E-state index is -0.131. The van der Waals surface area contributed by atoms with Crippen LogP contribution in [0, 0.1) is 0 Å². The molecule has 132 valence electrons. The van der Waals surface area contributed by atoms with Crippen LogP contribution in [0.3, 0.4) is 0 Å². The molecular formula is C18H26ClN3O2. The normalized spacial score (nSPS) is 15.8. The number of amides is 2. The highest BCUT2D eigenvalue weighted by Gasteiger charge is 2.20. The van der Waals surface area contributed by atoms with Crippen LogP contribution in [0.2, 0.25) is 5.02 Å². The van der Waals surface area contributed by atoms with Crippen molar-refractivity contribution in [3.05, 3.63) is 41.4 Å². The Bertz CT molecular complexity index is 540. The number of ether oxygens (including phenoxy) is 1. The molecule has 24 heavy (non-hydrogen) atoms. The number of rotatable bonds is 7. The molecule has 1 aromatic rings. The van der Waals surface area contributed by atoms with Crippen LogP contribution in [0.4, 0.5) is 4.79 Å². The molecule has 5 nitrogen and oxygen atoms in total. The molecule has 0 aromatic heterocycles. The lowest BCUT2D eigenvalue weighted by molar-refractivity contribution is 0.200. The number of carbonyl (C=O) groups is 1. The zero-order chi connectivity index (χ0) is 17.4. The van der Waals surface area contributed by atoms with Crippen molar-refractivity contribution in [2.75, 3.05) is 32.8 Å². The Morgan fingerprint density at radius 2 is 2.00 bits per heavy atom. The molecule has 0 saturated carbocycles. The zero-order valence-corrected chi connectivity index (χ0v) is 14.9. The Hall–Kier alpha value is -1.72. The molecule has 2 N–H and O–H groups in total. The molecule has 6 heteroatoms. The molecule has 0 atom stereocenters. The number of nitrogens with one attached hydrogen (secondary N) is 2. The van der Waals surface area contributed by atoms with Gasteiger partial charge in [-0.05, 0) is 44.0 Å². The van der Waals surface area contributed by atoms with Crippen molar-refractivity contribution < 1.29 is 9.53 Å². The lowest BCUT2D eigenvalue weighted by Gasteiger charge is -2.32. The highest BCUT2D eigenvalue weighted by molar-refractivity contribution is 6.30. The average Bonchev–Trinajstić information content (AvgIpc) is 2.55. The average molecular weight is 352 g/mol. The maximum atomic E-state index is 11.9. The second-order valence-electron chi connectivity index (χ2n) is 6.21. The maximum absolute atomic E-state index is 11.9. The van der Waals surface area contributed by atoms with E-state index in [4.69, 9.17) is 16.3 Å². The Morgan fingerprint density at radius 1 is 1.33 bits per heavy atom. The Kier molecular flexibility index (Phi) is 7.40. The quantitative estimate of drug-likeness (QED) is 0.586. The van der Waals surface area contributed by atoms with E-state index in [9.17, 15) is 4.79 Å². The molecule has 2 rings (SSSR count). The fraction of sp³-hybridized carbons (Fsp3) is 0.500. The van der Waals surface area contributed by atoms with Gasteiger partial charge in [-0.3, -0.25) is 4.90 Å². The number of carbonyl (C=O) groups excluding carboxylic acids is 1. The summed E-state index contributed by atoms with van der Waals surface area (Å²) in [7, 11) is 0. The minimum Gasteiger partial charge on any atom is -0.492 e. The van der Waals surface area contributed by atoms with E-state index in [0.29, 0.717) is 18.2 Å². The van der Waals surface area contributed by atoms with Crippen molar-refractivity contribution in [1.82, 2.24) is 15.5 Å². The smallest absolute Gasteiger partial charge is 0.315 e. The number of piperidine rings is 1. The largest absolute Gasteiger partial charge is 0.492 e. The van der Waals surface area contributed by atoms with Crippen molar-refractivity contribution in [1.29, 1.82) is 0 Å². The third kappa shape index (κ3) is 6.81. The first-order chi connectivity index (χ1) is 11.5. The topological polar surface area (TPSA) is 53.6 Å². The Balaban J connectivity index is 1.57. The molecule has 0 unspecified atom stereocenters. The minimum absolute atomic E-state index is 0.131. The first kappa shape index (κ1) is 18.6. The molecule has 0 spiro atoms. The van der Waals surface area contributed by atoms with Gasteiger partial charge in [0.05, 0.1) is 6.54 Å². The van der Waals surface area contributed by atoms with Crippen LogP contribution in [0.1, 0.15) is 19.8 Å². The summed E-state index contributed by atoms with van der Waals surface area (Å²) in [5, 5.41) is 6.53. The predicted octanol–water partition coefficient (Wildman–Crippen LogP) is 3.06. The van der Waals surface area contributed by atoms with Gasteiger partial charge in [-0.1, -0.05) is 23.8 Å². The molecule has 2 amide bonds. The van der Waals surface area contributed by atoms with Crippen LogP contribution in [-0.4, -0.2) is 49.8 Å². The summed E-state index contributed by atoms with van der Waals surface area (Å²) in [6, 6.07) is 7.27. The van der Waals surface area contributed by atoms with Gasteiger partial charge < -0.3 is 15.4 Å². The first-order valence-electron chi connectivity index (χ1n) is 8.32. The molecule has 0 radical (unpaired) electrons. The van der Waals surface area contributed by atoms with Gasteiger partial charge in [0.15, 0.2) is 0 Å². The fourth-order valence-corrected chi connectivity index (χ4v) is 2.84. The fourth-order valence-electron chi connectivity index (χ4n) is 2.72. The summed E-state index contributed by atoms with van der Waals surface area (Å²) in [4.78, 5) is 14.3. The zero-order valence-electron chi connectivity index (χ0n) is 14.2. The standard InChI is InChI=1S/C18H26ClN3O2/c1-14(2)13-22-10-7-16(8-11-22)21-18(23)20-9-12-24-17-5-3-15(19)4-6-17/h3-6,16H,1,7-13H2,2H3,(H2,20,21,23). The number of likely N-dealkylation sites (tertiary alicyclic amines) is 1.